The number of fused-ring (bicyclic) bond motifs is 2. The van der Waals surface area contributed by atoms with E-state index in [2.05, 4.69) is 75.1 Å². The van der Waals surface area contributed by atoms with Crippen LogP contribution in [0.3, 0.4) is 0 Å². The first-order valence-corrected chi connectivity index (χ1v) is 10.9. The van der Waals surface area contributed by atoms with Gasteiger partial charge in [0.25, 0.3) is 0 Å². The molecular formula is C27H33NO. The topological polar surface area (TPSA) is 12.5 Å². The first-order valence-electron chi connectivity index (χ1n) is 10.9. The molecule has 2 aromatic rings. The molecule has 1 unspecified atom stereocenters. The third kappa shape index (κ3) is 3.61. The van der Waals surface area contributed by atoms with E-state index < -0.39 is 0 Å². The van der Waals surface area contributed by atoms with Crippen molar-refractivity contribution in [1.29, 1.82) is 0 Å². The SMILES string of the molecule is CCCCN1Cc2cc(OC)ccc2C2=C1C(C)=C(C)C(c1ccc(C)cc1)C2. The van der Waals surface area contributed by atoms with Crippen LogP contribution in [-0.4, -0.2) is 18.6 Å². The minimum absolute atomic E-state index is 0.454. The molecule has 2 aliphatic rings. The minimum atomic E-state index is 0.454. The minimum Gasteiger partial charge on any atom is -0.497 e. The predicted octanol–water partition coefficient (Wildman–Crippen LogP) is 6.85. The Morgan fingerprint density at radius 3 is 2.48 bits per heavy atom. The first kappa shape index (κ1) is 19.8. The predicted molar refractivity (Wildman–Crippen MR) is 122 cm³/mol. The molecule has 0 N–H and O–H groups in total. The molecule has 2 nitrogen and oxygen atoms in total. The van der Waals surface area contributed by atoms with Crippen molar-refractivity contribution in [3.05, 3.63) is 81.6 Å². The molecule has 0 fully saturated rings. The van der Waals surface area contributed by atoms with Crippen LogP contribution >= 0.6 is 0 Å². The standard InChI is InChI=1S/C27H33NO/c1-6-7-14-28-17-22-15-23(29-5)12-13-24(22)26-16-25(19(3)20(4)27(26)28)21-10-8-18(2)9-11-21/h8-13,15,25H,6-7,14,16-17H2,1-5H3. The van der Waals surface area contributed by atoms with Gasteiger partial charge in [0.1, 0.15) is 5.75 Å². The second kappa shape index (κ2) is 8.10. The molecule has 152 valence electrons. The van der Waals surface area contributed by atoms with Crippen molar-refractivity contribution in [3.8, 4) is 5.75 Å². The van der Waals surface area contributed by atoms with Crippen LogP contribution in [0.4, 0.5) is 0 Å². The van der Waals surface area contributed by atoms with E-state index in [9.17, 15) is 0 Å². The van der Waals surface area contributed by atoms with Gasteiger partial charge in [0.15, 0.2) is 0 Å². The molecule has 0 aromatic heterocycles. The van der Waals surface area contributed by atoms with Crippen LogP contribution in [0.15, 0.2) is 59.3 Å². The summed E-state index contributed by atoms with van der Waals surface area (Å²) >= 11 is 0. The molecule has 1 aliphatic carbocycles. The van der Waals surface area contributed by atoms with Crippen LogP contribution in [0, 0.1) is 6.92 Å². The quantitative estimate of drug-likeness (QED) is 0.556. The molecule has 1 heterocycles. The molecule has 0 spiro atoms. The van der Waals surface area contributed by atoms with E-state index in [1.165, 1.54) is 57.5 Å². The molecule has 0 bridgehead atoms. The van der Waals surface area contributed by atoms with Gasteiger partial charge in [-0.15, -0.1) is 0 Å². The van der Waals surface area contributed by atoms with Gasteiger partial charge in [0.05, 0.1) is 7.11 Å². The van der Waals surface area contributed by atoms with Crippen molar-refractivity contribution in [1.82, 2.24) is 4.90 Å². The number of rotatable bonds is 5. The highest BCUT2D eigenvalue weighted by molar-refractivity contribution is 5.79. The maximum Gasteiger partial charge on any atom is 0.119 e. The van der Waals surface area contributed by atoms with Crippen molar-refractivity contribution in [2.75, 3.05) is 13.7 Å². The molecule has 2 aromatic carbocycles. The van der Waals surface area contributed by atoms with Crippen LogP contribution < -0.4 is 4.74 Å². The second-order valence-electron chi connectivity index (χ2n) is 8.60. The molecule has 0 saturated heterocycles. The second-order valence-corrected chi connectivity index (χ2v) is 8.60. The molecule has 4 rings (SSSR count). The highest BCUT2D eigenvalue weighted by atomic mass is 16.5. The van der Waals surface area contributed by atoms with E-state index in [0.717, 1.165) is 25.3 Å². The number of ether oxygens (including phenoxy) is 1. The fraction of sp³-hybridized carbons (Fsp3) is 0.407. The van der Waals surface area contributed by atoms with Gasteiger partial charge in [-0.3, -0.25) is 0 Å². The molecule has 0 radical (unpaired) electrons. The molecule has 0 saturated carbocycles. The summed E-state index contributed by atoms with van der Waals surface area (Å²) in [5.41, 5.74) is 11.5. The van der Waals surface area contributed by atoms with Crippen molar-refractivity contribution < 1.29 is 4.74 Å². The van der Waals surface area contributed by atoms with Crippen molar-refractivity contribution in [2.24, 2.45) is 0 Å². The van der Waals surface area contributed by atoms with Crippen LogP contribution in [0.5, 0.6) is 5.75 Å². The number of aryl methyl sites for hydroxylation is 1. The molecular weight excluding hydrogens is 354 g/mol. The summed E-state index contributed by atoms with van der Waals surface area (Å²) in [5, 5.41) is 0. The van der Waals surface area contributed by atoms with Crippen LogP contribution in [0.25, 0.3) is 5.57 Å². The van der Waals surface area contributed by atoms with Gasteiger partial charge in [0, 0.05) is 24.7 Å². The molecule has 1 atom stereocenters. The molecule has 29 heavy (non-hydrogen) atoms. The zero-order chi connectivity index (χ0) is 20.5. The summed E-state index contributed by atoms with van der Waals surface area (Å²) in [6, 6.07) is 15.8. The molecule has 1 aliphatic heterocycles. The lowest BCUT2D eigenvalue weighted by Gasteiger charge is -2.41. The Balaban J connectivity index is 1.82. The van der Waals surface area contributed by atoms with E-state index in [1.54, 1.807) is 7.11 Å². The maximum absolute atomic E-state index is 5.53. The number of methoxy groups -OCH3 is 1. The summed E-state index contributed by atoms with van der Waals surface area (Å²) in [5.74, 6) is 1.41. The van der Waals surface area contributed by atoms with E-state index in [-0.39, 0.29) is 0 Å². The van der Waals surface area contributed by atoms with E-state index in [4.69, 9.17) is 4.74 Å². The fourth-order valence-corrected chi connectivity index (χ4v) is 4.91. The zero-order valence-corrected chi connectivity index (χ0v) is 18.5. The van der Waals surface area contributed by atoms with Gasteiger partial charge in [-0.2, -0.15) is 0 Å². The van der Waals surface area contributed by atoms with Crippen LogP contribution in [-0.2, 0) is 6.54 Å². The maximum atomic E-state index is 5.53. The molecule has 0 amide bonds. The van der Waals surface area contributed by atoms with Gasteiger partial charge < -0.3 is 9.64 Å². The Bertz CT molecular complexity index is 965. The third-order valence-corrected chi connectivity index (χ3v) is 6.74. The smallest absolute Gasteiger partial charge is 0.119 e. The lowest BCUT2D eigenvalue weighted by Crippen LogP contribution is -2.32. The Morgan fingerprint density at radius 1 is 1.03 bits per heavy atom. The van der Waals surface area contributed by atoms with Crippen molar-refractivity contribution in [2.45, 2.75) is 59.4 Å². The number of allylic oxidation sites excluding steroid dienone is 3. The summed E-state index contributed by atoms with van der Waals surface area (Å²) < 4.78 is 5.53. The van der Waals surface area contributed by atoms with Gasteiger partial charge >= 0.3 is 0 Å². The highest BCUT2D eigenvalue weighted by Crippen LogP contribution is 2.48. The summed E-state index contributed by atoms with van der Waals surface area (Å²) in [4.78, 5) is 2.62. The van der Waals surface area contributed by atoms with Crippen LogP contribution in [0.1, 0.15) is 68.2 Å². The average Bonchev–Trinajstić information content (AvgIpc) is 2.74. The lowest BCUT2D eigenvalue weighted by molar-refractivity contribution is 0.327. The average molecular weight is 388 g/mol. The Morgan fingerprint density at radius 2 is 1.79 bits per heavy atom. The van der Waals surface area contributed by atoms with Gasteiger partial charge in [-0.05, 0) is 73.6 Å². The number of nitrogens with zero attached hydrogens (tertiary/aromatic N) is 1. The fourth-order valence-electron chi connectivity index (χ4n) is 4.91. The Labute approximate surface area is 175 Å². The van der Waals surface area contributed by atoms with E-state index in [0.29, 0.717) is 5.92 Å². The monoisotopic (exact) mass is 387 g/mol. The van der Waals surface area contributed by atoms with E-state index >= 15 is 0 Å². The Kier molecular flexibility index (Phi) is 5.54. The van der Waals surface area contributed by atoms with Gasteiger partial charge in [0.2, 0.25) is 0 Å². The van der Waals surface area contributed by atoms with Gasteiger partial charge in [-0.1, -0.05) is 54.8 Å². The number of hydrogen-bond donors (Lipinski definition) is 0. The lowest BCUT2D eigenvalue weighted by atomic mass is 9.74. The summed E-state index contributed by atoms with van der Waals surface area (Å²) in [6.45, 7) is 11.2. The number of benzene rings is 2. The molecule has 2 heteroatoms. The highest BCUT2D eigenvalue weighted by Gasteiger charge is 2.33. The summed E-state index contributed by atoms with van der Waals surface area (Å²) in [7, 11) is 1.76. The van der Waals surface area contributed by atoms with E-state index in [1.807, 2.05) is 0 Å². The van der Waals surface area contributed by atoms with Crippen molar-refractivity contribution in [3.63, 3.8) is 0 Å². The number of hydrogen-bond acceptors (Lipinski definition) is 2. The zero-order valence-electron chi connectivity index (χ0n) is 18.5. The third-order valence-electron chi connectivity index (χ3n) is 6.74. The normalized spacial score (nSPS) is 18.7. The largest absolute Gasteiger partial charge is 0.497 e. The van der Waals surface area contributed by atoms with Crippen molar-refractivity contribution >= 4 is 5.57 Å². The van der Waals surface area contributed by atoms with Crippen LogP contribution in [0.2, 0.25) is 0 Å². The van der Waals surface area contributed by atoms with Gasteiger partial charge in [-0.25, -0.2) is 0 Å². The number of unbranched alkanes of at least 4 members (excludes halogenated alkanes) is 1. The Hall–Kier alpha value is -2.48. The first-order chi connectivity index (χ1) is 14.0. The summed E-state index contributed by atoms with van der Waals surface area (Å²) in [6.07, 6.45) is 3.52.